The molecule has 0 heterocycles. The lowest BCUT2D eigenvalue weighted by molar-refractivity contribution is 0.0560. The van der Waals surface area contributed by atoms with Crippen molar-refractivity contribution in [3.63, 3.8) is 0 Å². The van der Waals surface area contributed by atoms with Gasteiger partial charge in [-0.3, -0.25) is 0 Å². The largest absolute Gasteiger partial charge is 0.393 e. The van der Waals surface area contributed by atoms with Gasteiger partial charge in [-0.2, -0.15) is 0 Å². The Morgan fingerprint density at radius 1 is 1.35 bits per heavy atom. The third kappa shape index (κ3) is 2.59. The summed E-state index contributed by atoms with van der Waals surface area (Å²) >= 11 is 0. The lowest BCUT2D eigenvalue weighted by Gasteiger charge is -2.38. The standard InChI is InChI=1S/C16H28O/c1-11-5-8-15(17)10-13(11)9-14-7-6-12(2)16(14,3)4/h6,11,13-15,17H,5,7-10H2,1-4H3. The number of hydrogen-bond acceptors (Lipinski definition) is 1. The van der Waals surface area contributed by atoms with Gasteiger partial charge in [-0.25, -0.2) is 0 Å². The van der Waals surface area contributed by atoms with Crippen LogP contribution in [0.25, 0.3) is 0 Å². The molecule has 0 aliphatic heterocycles. The molecule has 1 nitrogen and oxygen atoms in total. The van der Waals surface area contributed by atoms with E-state index >= 15 is 0 Å². The second-order valence-corrected chi connectivity index (χ2v) is 6.98. The Hall–Kier alpha value is -0.300. The predicted octanol–water partition coefficient (Wildman–Crippen LogP) is 4.17. The van der Waals surface area contributed by atoms with E-state index in [4.69, 9.17) is 0 Å². The zero-order chi connectivity index (χ0) is 12.6. The highest BCUT2D eigenvalue weighted by Crippen LogP contribution is 2.48. The molecule has 1 saturated carbocycles. The Bertz CT molecular complexity index is 303. The molecule has 1 heteroatoms. The van der Waals surface area contributed by atoms with Crippen molar-refractivity contribution in [2.24, 2.45) is 23.2 Å². The van der Waals surface area contributed by atoms with Crippen LogP contribution >= 0.6 is 0 Å². The summed E-state index contributed by atoms with van der Waals surface area (Å²) in [6.45, 7) is 9.43. The zero-order valence-electron chi connectivity index (χ0n) is 11.9. The van der Waals surface area contributed by atoms with Gasteiger partial charge in [0.05, 0.1) is 6.10 Å². The quantitative estimate of drug-likeness (QED) is 0.714. The monoisotopic (exact) mass is 236 g/mol. The number of aliphatic hydroxyl groups excluding tert-OH is 1. The number of hydrogen-bond donors (Lipinski definition) is 1. The van der Waals surface area contributed by atoms with Crippen molar-refractivity contribution in [3.8, 4) is 0 Å². The van der Waals surface area contributed by atoms with Crippen molar-refractivity contribution < 1.29 is 5.11 Å². The highest BCUT2D eigenvalue weighted by molar-refractivity contribution is 5.18. The molecule has 98 valence electrons. The molecule has 0 bridgehead atoms. The molecule has 1 fully saturated rings. The van der Waals surface area contributed by atoms with Crippen molar-refractivity contribution in [3.05, 3.63) is 11.6 Å². The van der Waals surface area contributed by atoms with Gasteiger partial charge in [0.1, 0.15) is 0 Å². The Morgan fingerprint density at radius 2 is 2.06 bits per heavy atom. The average Bonchev–Trinajstić information content (AvgIpc) is 2.50. The van der Waals surface area contributed by atoms with E-state index in [1.54, 1.807) is 5.57 Å². The first-order valence-electron chi connectivity index (χ1n) is 7.26. The van der Waals surface area contributed by atoms with E-state index in [0.29, 0.717) is 5.41 Å². The molecule has 2 aliphatic rings. The van der Waals surface area contributed by atoms with Gasteiger partial charge in [0.25, 0.3) is 0 Å². The lowest BCUT2D eigenvalue weighted by atomic mass is 9.68. The summed E-state index contributed by atoms with van der Waals surface area (Å²) in [5, 5.41) is 9.84. The predicted molar refractivity (Wildman–Crippen MR) is 72.8 cm³/mol. The molecule has 17 heavy (non-hydrogen) atoms. The highest BCUT2D eigenvalue weighted by Gasteiger charge is 2.38. The van der Waals surface area contributed by atoms with Crippen LogP contribution in [0.1, 0.15) is 59.8 Å². The van der Waals surface area contributed by atoms with Crippen molar-refractivity contribution in [1.82, 2.24) is 0 Å². The van der Waals surface area contributed by atoms with Gasteiger partial charge in [0.15, 0.2) is 0 Å². The maximum absolute atomic E-state index is 9.84. The second-order valence-electron chi connectivity index (χ2n) is 6.98. The van der Waals surface area contributed by atoms with Gasteiger partial charge < -0.3 is 5.11 Å². The van der Waals surface area contributed by atoms with Gasteiger partial charge in [0.2, 0.25) is 0 Å². The molecule has 2 aliphatic carbocycles. The Kier molecular flexibility index (Phi) is 3.68. The summed E-state index contributed by atoms with van der Waals surface area (Å²) in [4.78, 5) is 0. The van der Waals surface area contributed by atoms with Crippen molar-refractivity contribution in [2.75, 3.05) is 0 Å². The van der Waals surface area contributed by atoms with Crippen LogP contribution in [0.15, 0.2) is 11.6 Å². The molecule has 0 spiro atoms. The van der Waals surface area contributed by atoms with Crippen LogP contribution in [0.4, 0.5) is 0 Å². The number of rotatable bonds is 2. The lowest BCUT2D eigenvalue weighted by Crippen LogP contribution is -2.31. The van der Waals surface area contributed by atoms with Crippen LogP contribution in [0.5, 0.6) is 0 Å². The normalized spacial score (nSPS) is 41.4. The molecule has 0 saturated heterocycles. The maximum atomic E-state index is 9.84. The van der Waals surface area contributed by atoms with E-state index in [1.807, 2.05) is 0 Å². The first kappa shape index (κ1) is 13.1. The van der Waals surface area contributed by atoms with E-state index < -0.39 is 0 Å². The van der Waals surface area contributed by atoms with E-state index in [1.165, 1.54) is 19.3 Å². The van der Waals surface area contributed by atoms with Gasteiger partial charge in [0, 0.05) is 0 Å². The molecule has 4 unspecified atom stereocenters. The Labute approximate surface area is 106 Å². The smallest absolute Gasteiger partial charge is 0.0543 e. The van der Waals surface area contributed by atoms with Gasteiger partial charge >= 0.3 is 0 Å². The summed E-state index contributed by atoms with van der Waals surface area (Å²) in [7, 11) is 0. The summed E-state index contributed by atoms with van der Waals surface area (Å²) < 4.78 is 0. The minimum Gasteiger partial charge on any atom is -0.393 e. The molecule has 1 N–H and O–H groups in total. The highest BCUT2D eigenvalue weighted by atomic mass is 16.3. The molecule has 0 aromatic heterocycles. The summed E-state index contributed by atoms with van der Waals surface area (Å²) in [6, 6.07) is 0. The van der Waals surface area contributed by atoms with Crippen LogP contribution in [-0.2, 0) is 0 Å². The molecule has 0 amide bonds. The fourth-order valence-electron chi connectivity index (χ4n) is 3.67. The van der Waals surface area contributed by atoms with Gasteiger partial charge in [-0.15, -0.1) is 0 Å². The number of aliphatic hydroxyl groups is 1. The molecular formula is C16H28O. The summed E-state index contributed by atoms with van der Waals surface area (Å²) in [6.07, 6.45) is 8.21. The van der Waals surface area contributed by atoms with E-state index in [-0.39, 0.29) is 6.10 Å². The molecular weight excluding hydrogens is 208 g/mol. The Balaban J connectivity index is 1.97. The van der Waals surface area contributed by atoms with Crippen LogP contribution < -0.4 is 0 Å². The molecule has 0 aromatic carbocycles. The third-order valence-corrected chi connectivity index (χ3v) is 5.67. The van der Waals surface area contributed by atoms with Crippen molar-refractivity contribution in [2.45, 2.75) is 65.9 Å². The average molecular weight is 236 g/mol. The minimum atomic E-state index is -0.0326. The first-order chi connectivity index (χ1) is 7.91. The van der Waals surface area contributed by atoms with Crippen LogP contribution in [-0.4, -0.2) is 11.2 Å². The van der Waals surface area contributed by atoms with Crippen molar-refractivity contribution in [1.29, 1.82) is 0 Å². The Morgan fingerprint density at radius 3 is 2.65 bits per heavy atom. The summed E-state index contributed by atoms with van der Waals surface area (Å²) in [5.41, 5.74) is 1.94. The topological polar surface area (TPSA) is 20.2 Å². The van der Waals surface area contributed by atoms with E-state index in [2.05, 4.69) is 33.8 Å². The maximum Gasteiger partial charge on any atom is 0.0543 e. The zero-order valence-corrected chi connectivity index (χ0v) is 11.9. The van der Waals surface area contributed by atoms with Crippen molar-refractivity contribution >= 4 is 0 Å². The van der Waals surface area contributed by atoms with E-state index in [9.17, 15) is 5.11 Å². The van der Waals surface area contributed by atoms with Gasteiger partial charge in [-0.05, 0) is 62.2 Å². The van der Waals surface area contributed by atoms with Crippen LogP contribution in [0.2, 0.25) is 0 Å². The van der Waals surface area contributed by atoms with Gasteiger partial charge in [-0.1, -0.05) is 32.4 Å². The van der Waals surface area contributed by atoms with E-state index in [0.717, 1.165) is 30.6 Å². The second kappa shape index (κ2) is 4.76. The molecule has 2 rings (SSSR count). The molecule has 4 atom stereocenters. The minimum absolute atomic E-state index is 0.0326. The molecule has 0 radical (unpaired) electrons. The third-order valence-electron chi connectivity index (χ3n) is 5.67. The van der Waals surface area contributed by atoms with Crippen LogP contribution in [0.3, 0.4) is 0 Å². The molecule has 0 aromatic rings. The summed E-state index contributed by atoms with van der Waals surface area (Å²) in [5.74, 6) is 2.33. The first-order valence-corrected chi connectivity index (χ1v) is 7.26. The van der Waals surface area contributed by atoms with Crippen LogP contribution in [0, 0.1) is 23.2 Å². The fourth-order valence-corrected chi connectivity index (χ4v) is 3.67. The fraction of sp³-hybridized carbons (Fsp3) is 0.875. The number of allylic oxidation sites excluding steroid dienone is 2. The SMILES string of the molecule is CC1=CCC(CC2CC(O)CCC2C)C1(C)C.